The monoisotopic (exact) mass is 241 g/mol. The first kappa shape index (κ1) is 12.2. The fraction of sp³-hybridized carbons (Fsp3) is 0.133. The van der Waals surface area contributed by atoms with Crippen molar-refractivity contribution in [3.8, 4) is 0 Å². The van der Waals surface area contributed by atoms with Crippen molar-refractivity contribution >= 4 is 17.7 Å². The van der Waals surface area contributed by atoms with Crippen molar-refractivity contribution in [1.82, 2.24) is 0 Å². The van der Waals surface area contributed by atoms with E-state index in [2.05, 4.69) is 11.4 Å². The Morgan fingerprint density at radius 2 is 1.94 bits per heavy atom. The Morgan fingerprint density at radius 1 is 1.22 bits per heavy atom. The van der Waals surface area contributed by atoms with Crippen LogP contribution in [0.25, 0.3) is 6.08 Å². The van der Waals surface area contributed by atoms with Crippen molar-refractivity contribution in [3.05, 3.63) is 59.6 Å². The van der Waals surface area contributed by atoms with Crippen molar-refractivity contribution in [2.45, 2.75) is 13.8 Å². The van der Waals surface area contributed by atoms with Crippen LogP contribution < -0.4 is 5.32 Å². The molecule has 1 aromatic heterocycles. The Hall–Kier alpha value is -2.29. The van der Waals surface area contributed by atoms with Gasteiger partial charge >= 0.3 is 0 Å². The van der Waals surface area contributed by atoms with Crippen LogP contribution in [0.4, 0.5) is 5.69 Å². The summed E-state index contributed by atoms with van der Waals surface area (Å²) >= 11 is 0. The smallest absolute Gasteiger partial charge is 0.248 e. The third-order valence-electron chi connectivity index (χ3n) is 2.43. The topological polar surface area (TPSA) is 42.2 Å². The molecule has 0 aliphatic rings. The first-order valence-electron chi connectivity index (χ1n) is 5.74. The standard InChI is InChI=1S/C15H15NO2/c1-11-8-12(2)10-13(9-11)16-15(17)6-5-14-4-3-7-18-14/h3-10H,1-2H3,(H,16,17)/b6-5+. The van der Waals surface area contributed by atoms with E-state index in [4.69, 9.17) is 4.42 Å². The molecule has 3 nitrogen and oxygen atoms in total. The lowest BCUT2D eigenvalue weighted by Gasteiger charge is -2.05. The molecule has 0 unspecified atom stereocenters. The van der Waals surface area contributed by atoms with Crippen LogP contribution in [-0.2, 0) is 4.79 Å². The van der Waals surface area contributed by atoms with E-state index in [-0.39, 0.29) is 5.91 Å². The van der Waals surface area contributed by atoms with E-state index in [1.807, 2.05) is 26.0 Å². The highest BCUT2D eigenvalue weighted by Crippen LogP contribution is 2.13. The lowest BCUT2D eigenvalue weighted by Crippen LogP contribution is -2.07. The Kier molecular flexibility index (Phi) is 3.63. The fourth-order valence-corrected chi connectivity index (χ4v) is 1.77. The van der Waals surface area contributed by atoms with E-state index in [9.17, 15) is 4.79 Å². The Morgan fingerprint density at radius 3 is 2.56 bits per heavy atom. The number of carbonyl (C=O) groups is 1. The normalized spacial score (nSPS) is 10.8. The Bertz CT molecular complexity index is 548. The van der Waals surface area contributed by atoms with Gasteiger partial charge in [-0.1, -0.05) is 6.07 Å². The highest BCUT2D eigenvalue weighted by Gasteiger charge is 2.00. The molecule has 1 aromatic carbocycles. The number of hydrogen-bond donors (Lipinski definition) is 1. The van der Waals surface area contributed by atoms with Crippen LogP contribution in [0.15, 0.2) is 47.1 Å². The summed E-state index contributed by atoms with van der Waals surface area (Å²) in [6.45, 7) is 4.00. The second-order valence-corrected chi connectivity index (χ2v) is 4.21. The summed E-state index contributed by atoms with van der Waals surface area (Å²) < 4.78 is 5.11. The van der Waals surface area contributed by atoms with Gasteiger partial charge < -0.3 is 9.73 Å². The SMILES string of the molecule is Cc1cc(C)cc(NC(=O)/C=C/c2ccco2)c1. The molecular weight excluding hydrogens is 226 g/mol. The maximum atomic E-state index is 11.7. The highest BCUT2D eigenvalue weighted by atomic mass is 16.3. The molecule has 0 atom stereocenters. The summed E-state index contributed by atoms with van der Waals surface area (Å²) in [5, 5.41) is 2.82. The van der Waals surface area contributed by atoms with Gasteiger partial charge in [0.1, 0.15) is 5.76 Å². The second kappa shape index (κ2) is 5.36. The number of carbonyl (C=O) groups excluding carboxylic acids is 1. The third-order valence-corrected chi connectivity index (χ3v) is 2.43. The molecule has 0 aliphatic carbocycles. The summed E-state index contributed by atoms with van der Waals surface area (Å²) in [7, 11) is 0. The van der Waals surface area contributed by atoms with Crippen molar-refractivity contribution in [3.63, 3.8) is 0 Å². The van der Waals surface area contributed by atoms with Gasteiger partial charge in [-0.3, -0.25) is 4.79 Å². The summed E-state index contributed by atoms with van der Waals surface area (Å²) in [4.78, 5) is 11.7. The number of aryl methyl sites for hydroxylation is 2. The van der Waals surface area contributed by atoms with Crippen LogP contribution in [0.5, 0.6) is 0 Å². The number of furan rings is 1. The Balaban J connectivity index is 2.03. The first-order valence-corrected chi connectivity index (χ1v) is 5.74. The molecule has 1 amide bonds. The average Bonchev–Trinajstić information content (AvgIpc) is 2.77. The number of nitrogens with one attached hydrogen (secondary N) is 1. The molecule has 92 valence electrons. The lowest BCUT2D eigenvalue weighted by molar-refractivity contribution is -0.111. The zero-order valence-electron chi connectivity index (χ0n) is 10.4. The molecule has 1 heterocycles. The molecule has 0 spiro atoms. The predicted molar refractivity (Wildman–Crippen MR) is 72.3 cm³/mol. The Labute approximate surface area is 106 Å². The lowest BCUT2D eigenvalue weighted by atomic mass is 10.1. The van der Waals surface area contributed by atoms with E-state index in [1.54, 1.807) is 24.5 Å². The molecule has 2 rings (SSSR count). The zero-order chi connectivity index (χ0) is 13.0. The minimum atomic E-state index is -0.170. The number of benzene rings is 1. The zero-order valence-corrected chi connectivity index (χ0v) is 10.4. The van der Waals surface area contributed by atoms with Gasteiger partial charge in [0.05, 0.1) is 6.26 Å². The van der Waals surface area contributed by atoms with E-state index in [0.717, 1.165) is 16.8 Å². The van der Waals surface area contributed by atoms with Crippen molar-refractivity contribution in [2.75, 3.05) is 5.32 Å². The van der Waals surface area contributed by atoms with Crippen LogP contribution in [0.3, 0.4) is 0 Å². The minimum Gasteiger partial charge on any atom is -0.465 e. The summed E-state index contributed by atoms with van der Waals surface area (Å²) in [5.41, 5.74) is 3.06. The summed E-state index contributed by atoms with van der Waals surface area (Å²) in [5.74, 6) is 0.488. The summed E-state index contributed by atoms with van der Waals surface area (Å²) in [6, 6.07) is 9.51. The van der Waals surface area contributed by atoms with Crippen LogP contribution in [0.2, 0.25) is 0 Å². The van der Waals surface area contributed by atoms with Crippen molar-refractivity contribution in [1.29, 1.82) is 0 Å². The molecule has 3 heteroatoms. The van der Waals surface area contributed by atoms with Gasteiger partial charge in [-0.25, -0.2) is 0 Å². The van der Waals surface area contributed by atoms with E-state index in [1.165, 1.54) is 6.08 Å². The van der Waals surface area contributed by atoms with Crippen molar-refractivity contribution in [2.24, 2.45) is 0 Å². The van der Waals surface area contributed by atoms with Gasteiger partial charge in [0.2, 0.25) is 5.91 Å². The van der Waals surface area contributed by atoms with Gasteiger partial charge in [0.15, 0.2) is 0 Å². The van der Waals surface area contributed by atoms with E-state index in [0.29, 0.717) is 5.76 Å². The molecule has 18 heavy (non-hydrogen) atoms. The molecule has 1 N–H and O–H groups in total. The molecule has 2 aromatic rings. The predicted octanol–water partition coefficient (Wildman–Crippen LogP) is 3.55. The molecular formula is C15H15NO2. The molecule has 0 bridgehead atoms. The fourth-order valence-electron chi connectivity index (χ4n) is 1.77. The number of amides is 1. The first-order chi connectivity index (χ1) is 8.63. The largest absolute Gasteiger partial charge is 0.465 e. The van der Waals surface area contributed by atoms with Gasteiger partial charge in [-0.05, 0) is 55.3 Å². The van der Waals surface area contributed by atoms with Crippen LogP contribution in [0.1, 0.15) is 16.9 Å². The van der Waals surface area contributed by atoms with Crippen LogP contribution in [-0.4, -0.2) is 5.91 Å². The second-order valence-electron chi connectivity index (χ2n) is 4.21. The van der Waals surface area contributed by atoms with Crippen molar-refractivity contribution < 1.29 is 9.21 Å². The number of anilines is 1. The van der Waals surface area contributed by atoms with E-state index < -0.39 is 0 Å². The van der Waals surface area contributed by atoms with Gasteiger partial charge in [0, 0.05) is 11.8 Å². The van der Waals surface area contributed by atoms with Gasteiger partial charge in [-0.2, -0.15) is 0 Å². The highest BCUT2D eigenvalue weighted by molar-refractivity contribution is 6.01. The molecule has 0 saturated carbocycles. The molecule has 0 aliphatic heterocycles. The maximum absolute atomic E-state index is 11.7. The summed E-state index contributed by atoms with van der Waals surface area (Å²) in [6.07, 6.45) is 4.66. The average molecular weight is 241 g/mol. The maximum Gasteiger partial charge on any atom is 0.248 e. The number of hydrogen-bond acceptors (Lipinski definition) is 2. The van der Waals surface area contributed by atoms with Crippen LogP contribution >= 0.6 is 0 Å². The van der Waals surface area contributed by atoms with Gasteiger partial charge in [0.25, 0.3) is 0 Å². The van der Waals surface area contributed by atoms with Gasteiger partial charge in [-0.15, -0.1) is 0 Å². The van der Waals surface area contributed by atoms with Crippen LogP contribution in [0, 0.1) is 13.8 Å². The third kappa shape index (κ3) is 3.35. The minimum absolute atomic E-state index is 0.170. The molecule has 0 saturated heterocycles. The van der Waals surface area contributed by atoms with E-state index >= 15 is 0 Å². The molecule has 0 fully saturated rings. The quantitative estimate of drug-likeness (QED) is 0.835. The molecule has 0 radical (unpaired) electrons. The number of rotatable bonds is 3.